The molecule has 152 valence electrons. The Morgan fingerprint density at radius 2 is 1.93 bits per heavy atom. The van der Waals surface area contributed by atoms with Crippen molar-refractivity contribution in [3.63, 3.8) is 0 Å². The van der Waals surface area contributed by atoms with Crippen LogP contribution in [-0.4, -0.2) is 54.1 Å². The maximum absolute atomic E-state index is 12.1. The largest absolute Gasteiger partial charge is 0.357 e. The monoisotopic (exact) mass is 489 g/mol. The van der Waals surface area contributed by atoms with Gasteiger partial charge in [0.15, 0.2) is 5.96 Å². The summed E-state index contributed by atoms with van der Waals surface area (Å²) >= 11 is 0. The van der Waals surface area contributed by atoms with E-state index in [4.69, 9.17) is 0 Å². The molecule has 2 N–H and O–H groups in total. The lowest BCUT2D eigenvalue weighted by Crippen LogP contribution is -2.39. The summed E-state index contributed by atoms with van der Waals surface area (Å²) in [5.74, 6) is 0.770. The third-order valence-corrected chi connectivity index (χ3v) is 4.54. The molecule has 0 aliphatic carbocycles. The summed E-state index contributed by atoms with van der Waals surface area (Å²) in [5, 5.41) is 6.43. The van der Waals surface area contributed by atoms with Crippen LogP contribution in [0.3, 0.4) is 0 Å². The highest BCUT2D eigenvalue weighted by molar-refractivity contribution is 14.0. The normalized spacial score (nSPS) is 14.0. The molecule has 2 heterocycles. The Bertz CT molecular complexity index is 668. The lowest BCUT2D eigenvalue weighted by molar-refractivity contribution is -0.128. The Labute approximate surface area is 178 Å². The van der Waals surface area contributed by atoms with E-state index in [1.54, 1.807) is 16.7 Å². The minimum Gasteiger partial charge on any atom is -0.357 e. The van der Waals surface area contributed by atoms with E-state index in [-0.39, 0.29) is 42.0 Å². The zero-order chi connectivity index (χ0) is 18.8. The number of rotatable bonds is 8. The number of likely N-dealkylation sites (tertiary alicyclic amines) is 1. The number of guanidine groups is 1. The Morgan fingerprint density at radius 3 is 2.59 bits per heavy atom. The highest BCUT2D eigenvalue weighted by Crippen LogP contribution is 2.07. The summed E-state index contributed by atoms with van der Waals surface area (Å²) in [6, 6.07) is 5.34. The van der Waals surface area contributed by atoms with Crippen LogP contribution in [0.2, 0.25) is 0 Å². The third kappa shape index (κ3) is 7.90. The fraction of sp³-hybridized carbons (Fsp3) is 0.632. The van der Waals surface area contributed by atoms with Crippen LogP contribution in [0.4, 0.5) is 0 Å². The summed E-state index contributed by atoms with van der Waals surface area (Å²) in [5.41, 5.74) is 1.04. The van der Waals surface area contributed by atoms with Gasteiger partial charge in [-0.1, -0.05) is 6.07 Å². The van der Waals surface area contributed by atoms with E-state index in [0.717, 1.165) is 57.6 Å². The number of amides is 1. The van der Waals surface area contributed by atoms with Gasteiger partial charge in [-0.25, -0.2) is 4.99 Å². The molecule has 0 radical (unpaired) electrons. The zero-order valence-corrected chi connectivity index (χ0v) is 18.7. The molecule has 0 atom stereocenters. The van der Waals surface area contributed by atoms with Crippen LogP contribution in [0.25, 0.3) is 0 Å². The Balaban J connectivity index is 0.00000364. The molecule has 1 saturated heterocycles. The zero-order valence-electron chi connectivity index (χ0n) is 16.4. The van der Waals surface area contributed by atoms with Gasteiger partial charge in [-0.3, -0.25) is 9.59 Å². The van der Waals surface area contributed by atoms with Gasteiger partial charge in [0.1, 0.15) is 6.54 Å². The number of hydrogen-bond donors (Lipinski definition) is 2. The first-order valence-corrected chi connectivity index (χ1v) is 9.58. The lowest BCUT2D eigenvalue weighted by Gasteiger charge is -2.15. The number of hydrogen-bond acceptors (Lipinski definition) is 3. The van der Waals surface area contributed by atoms with Gasteiger partial charge in [0, 0.05) is 44.5 Å². The number of pyridine rings is 1. The molecule has 0 bridgehead atoms. The Kier molecular flexibility index (Phi) is 11.1. The first-order valence-electron chi connectivity index (χ1n) is 9.58. The smallest absolute Gasteiger partial charge is 0.250 e. The summed E-state index contributed by atoms with van der Waals surface area (Å²) in [4.78, 5) is 30.2. The van der Waals surface area contributed by atoms with Gasteiger partial charge in [0.2, 0.25) is 5.91 Å². The van der Waals surface area contributed by atoms with Gasteiger partial charge < -0.3 is 20.1 Å². The van der Waals surface area contributed by atoms with Crippen molar-refractivity contribution >= 4 is 35.8 Å². The molecule has 1 fully saturated rings. The van der Waals surface area contributed by atoms with Crippen molar-refractivity contribution in [2.75, 3.05) is 32.7 Å². The second-order valence-corrected chi connectivity index (χ2v) is 6.57. The number of nitrogens with zero attached hydrogens (tertiary/aromatic N) is 3. The first kappa shape index (κ1) is 23.5. The van der Waals surface area contributed by atoms with E-state index < -0.39 is 0 Å². The van der Waals surface area contributed by atoms with Crippen LogP contribution in [0.5, 0.6) is 0 Å². The highest BCUT2D eigenvalue weighted by Gasteiger charge is 2.17. The molecule has 7 nitrogen and oxygen atoms in total. The average molecular weight is 489 g/mol. The van der Waals surface area contributed by atoms with E-state index in [1.807, 2.05) is 24.8 Å². The maximum atomic E-state index is 12.1. The molecule has 1 aliphatic rings. The van der Waals surface area contributed by atoms with E-state index >= 15 is 0 Å². The van der Waals surface area contributed by atoms with Crippen molar-refractivity contribution in [3.8, 4) is 0 Å². The molecule has 1 aromatic heterocycles. The molecule has 2 rings (SSSR count). The van der Waals surface area contributed by atoms with Gasteiger partial charge in [0.25, 0.3) is 5.56 Å². The topological polar surface area (TPSA) is 78.7 Å². The van der Waals surface area contributed by atoms with Gasteiger partial charge in [-0.15, -0.1) is 24.0 Å². The Hall–Kier alpha value is -1.58. The van der Waals surface area contributed by atoms with Gasteiger partial charge in [0.05, 0.1) is 0 Å². The molecule has 1 amide bonds. The summed E-state index contributed by atoms with van der Waals surface area (Å²) in [6.45, 7) is 8.08. The molecule has 0 saturated carbocycles. The van der Waals surface area contributed by atoms with Crippen molar-refractivity contribution in [1.82, 2.24) is 20.1 Å². The van der Waals surface area contributed by atoms with Crippen LogP contribution < -0.4 is 16.2 Å². The molecule has 0 unspecified atom stereocenters. The average Bonchev–Trinajstić information content (AvgIpc) is 3.16. The van der Waals surface area contributed by atoms with E-state index in [9.17, 15) is 9.59 Å². The maximum Gasteiger partial charge on any atom is 0.250 e. The number of carbonyl (C=O) groups is 1. The van der Waals surface area contributed by atoms with Gasteiger partial charge >= 0.3 is 0 Å². The SMILES string of the molecule is CCNC(=NCC(=O)N1CCCC1)NCCCCn1c(C)cccc1=O.I. The fourth-order valence-corrected chi connectivity index (χ4v) is 3.07. The molecule has 27 heavy (non-hydrogen) atoms. The van der Waals surface area contributed by atoms with E-state index in [1.165, 1.54) is 0 Å². The minimum absolute atomic E-state index is 0. The fourth-order valence-electron chi connectivity index (χ4n) is 3.07. The quantitative estimate of drug-likeness (QED) is 0.253. The number of carbonyl (C=O) groups excluding carboxylic acids is 1. The van der Waals surface area contributed by atoms with Crippen molar-refractivity contribution < 1.29 is 4.79 Å². The summed E-state index contributed by atoms with van der Waals surface area (Å²) in [7, 11) is 0. The predicted molar refractivity (Wildman–Crippen MR) is 120 cm³/mol. The van der Waals surface area contributed by atoms with Crippen molar-refractivity contribution in [1.29, 1.82) is 0 Å². The molecule has 0 aromatic carbocycles. The number of aromatic nitrogens is 1. The van der Waals surface area contributed by atoms with Crippen LogP contribution in [0.1, 0.15) is 38.3 Å². The van der Waals surface area contributed by atoms with Crippen LogP contribution in [0, 0.1) is 6.92 Å². The van der Waals surface area contributed by atoms with E-state index in [2.05, 4.69) is 15.6 Å². The van der Waals surface area contributed by atoms with Crippen LogP contribution in [0.15, 0.2) is 28.0 Å². The van der Waals surface area contributed by atoms with Gasteiger partial charge in [-0.05, 0) is 45.6 Å². The van der Waals surface area contributed by atoms with Crippen LogP contribution >= 0.6 is 24.0 Å². The van der Waals surface area contributed by atoms with Crippen molar-refractivity contribution in [2.45, 2.75) is 46.1 Å². The number of unbranched alkanes of at least 4 members (excludes halogenated alkanes) is 1. The molecule has 1 aromatic rings. The molecule has 1 aliphatic heterocycles. The van der Waals surface area contributed by atoms with Crippen molar-refractivity contribution in [3.05, 3.63) is 34.2 Å². The molecular weight excluding hydrogens is 457 g/mol. The van der Waals surface area contributed by atoms with Crippen molar-refractivity contribution in [2.24, 2.45) is 4.99 Å². The molecular formula is C19H32IN5O2. The second-order valence-electron chi connectivity index (χ2n) is 6.57. The number of nitrogens with one attached hydrogen (secondary N) is 2. The standard InChI is InChI=1S/C19H31N5O2.HI/c1-3-20-19(22-15-18(26)23-12-6-7-13-23)21-11-4-5-14-24-16(2)9-8-10-17(24)25;/h8-10H,3-7,11-15H2,1-2H3,(H2,20,21,22);1H. The van der Waals surface area contributed by atoms with Crippen LogP contribution in [-0.2, 0) is 11.3 Å². The number of aliphatic imine (C=N–C) groups is 1. The summed E-state index contributed by atoms with van der Waals surface area (Å²) < 4.78 is 1.80. The highest BCUT2D eigenvalue weighted by atomic mass is 127. The van der Waals surface area contributed by atoms with Gasteiger partial charge in [-0.2, -0.15) is 0 Å². The minimum atomic E-state index is 0. The predicted octanol–water partition coefficient (Wildman–Crippen LogP) is 1.73. The lowest BCUT2D eigenvalue weighted by atomic mass is 10.3. The molecule has 0 spiro atoms. The summed E-state index contributed by atoms with van der Waals surface area (Å²) in [6.07, 6.45) is 4.02. The number of aryl methyl sites for hydroxylation is 1. The third-order valence-electron chi connectivity index (χ3n) is 4.54. The first-order chi connectivity index (χ1) is 12.6. The molecule has 8 heteroatoms. The van der Waals surface area contributed by atoms with E-state index in [0.29, 0.717) is 12.5 Å². The number of halogens is 1. The second kappa shape index (κ2) is 12.7. The Morgan fingerprint density at radius 1 is 1.19 bits per heavy atom.